The third-order valence-electron chi connectivity index (χ3n) is 13.5. The topological polar surface area (TPSA) is 95.9 Å². The molecule has 0 aliphatic carbocycles. The third-order valence-corrected chi connectivity index (χ3v) is 13.5. The summed E-state index contributed by atoms with van der Waals surface area (Å²) in [5.41, 5.74) is 0. The van der Waals surface area contributed by atoms with Gasteiger partial charge in [-0.25, -0.2) is 0 Å². The summed E-state index contributed by atoms with van der Waals surface area (Å²) in [6.07, 6.45) is 72.8. The lowest BCUT2D eigenvalue weighted by Gasteiger charge is -2.20. The molecule has 0 aliphatic heterocycles. The molecule has 398 valence electrons. The van der Waals surface area contributed by atoms with Gasteiger partial charge in [-0.2, -0.15) is 0 Å². The van der Waals surface area contributed by atoms with Gasteiger partial charge < -0.3 is 20.3 Å². The molecule has 0 saturated carbocycles. The molecule has 1 amide bonds. The molecule has 0 aromatic heterocycles. The smallest absolute Gasteiger partial charge is 0.305 e. The van der Waals surface area contributed by atoms with Crippen molar-refractivity contribution in [3.05, 3.63) is 48.6 Å². The molecule has 0 fully saturated rings. The Kier molecular flexibility index (Phi) is 55.6. The van der Waals surface area contributed by atoms with Crippen LogP contribution in [0.2, 0.25) is 0 Å². The van der Waals surface area contributed by atoms with E-state index in [0.717, 1.165) is 57.8 Å². The number of nitrogens with one attached hydrogen (secondary N) is 1. The number of carbonyl (C=O) groups is 2. The van der Waals surface area contributed by atoms with Crippen molar-refractivity contribution in [2.24, 2.45) is 0 Å². The van der Waals surface area contributed by atoms with Gasteiger partial charge in [0, 0.05) is 12.8 Å². The number of rotatable bonds is 55. The van der Waals surface area contributed by atoms with Crippen molar-refractivity contribution in [1.29, 1.82) is 0 Å². The first-order valence-electron chi connectivity index (χ1n) is 29.9. The average molecular weight is 955 g/mol. The van der Waals surface area contributed by atoms with Gasteiger partial charge in [0.25, 0.3) is 0 Å². The predicted molar refractivity (Wildman–Crippen MR) is 296 cm³/mol. The van der Waals surface area contributed by atoms with Crippen LogP contribution in [0.5, 0.6) is 0 Å². The summed E-state index contributed by atoms with van der Waals surface area (Å²) in [6.45, 7) is 4.83. The van der Waals surface area contributed by atoms with Gasteiger partial charge in [-0.15, -0.1) is 0 Å². The molecule has 0 aromatic rings. The van der Waals surface area contributed by atoms with Crippen LogP contribution >= 0.6 is 0 Å². The van der Waals surface area contributed by atoms with Crippen LogP contribution in [0, 0.1) is 0 Å². The molecule has 0 heterocycles. The number of esters is 1. The number of hydrogen-bond donors (Lipinski definition) is 3. The minimum atomic E-state index is -0.849. The summed E-state index contributed by atoms with van der Waals surface area (Å²) < 4.78 is 5.46. The maximum Gasteiger partial charge on any atom is 0.305 e. The molecule has 2 unspecified atom stereocenters. The van der Waals surface area contributed by atoms with Crippen molar-refractivity contribution in [3.8, 4) is 0 Å². The molecular weight excluding hydrogens is 839 g/mol. The van der Waals surface area contributed by atoms with Crippen molar-refractivity contribution in [2.75, 3.05) is 13.2 Å². The van der Waals surface area contributed by atoms with E-state index in [1.165, 1.54) is 225 Å². The fourth-order valence-corrected chi connectivity index (χ4v) is 8.96. The molecule has 0 rings (SSSR count). The molecule has 0 bridgehead atoms. The van der Waals surface area contributed by atoms with Gasteiger partial charge in [-0.1, -0.05) is 262 Å². The summed E-state index contributed by atoms with van der Waals surface area (Å²) >= 11 is 0. The molecule has 0 spiro atoms. The van der Waals surface area contributed by atoms with Gasteiger partial charge in [0.1, 0.15) is 0 Å². The molecule has 0 radical (unpaired) electrons. The van der Waals surface area contributed by atoms with Gasteiger partial charge in [-0.05, 0) is 83.5 Å². The van der Waals surface area contributed by atoms with Crippen molar-refractivity contribution in [2.45, 2.75) is 321 Å². The van der Waals surface area contributed by atoms with E-state index in [1.807, 2.05) is 6.08 Å². The monoisotopic (exact) mass is 954 g/mol. The largest absolute Gasteiger partial charge is 0.466 e. The summed E-state index contributed by atoms with van der Waals surface area (Å²) in [5, 5.41) is 23.1. The first kappa shape index (κ1) is 65.8. The number of aliphatic hydroxyl groups is 2. The Morgan fingerprint density at radius 2 is 0.765 bits per heavy atom. The molecule has 3 N–H and O–H groups in total. The highest BCUT2D eigenvalue weighted by molar-refractivity contribution is 5.76. The lowest BCUT2D eigenvalue weighted by molar-refractivity contribution is -0.143. The highest BCUT2D eigenvalue weighted by Gasteiger charge is 2.18. The Morgan fingerprint density at radius 3 is 1.19 bits per heavy atom. The minimum Gasteiger partial charge on any atom is -0.466 e. The van der Waals surface area contributed by atoms with Gasteiger partial charge >= 0.3 is 5.97 Å². The minimum absolute atomic E-state index is 0.00489. The summed E-state index contributed by atoms with van der Waals surface area (Å²) in [4.78, 5) is 24.5. The van der Waals surface area contributed by atoms with E-state index in [2.05, 4.69) is 55.6 Å². The molecule has 0 aliphatic rings. The second-order valence-electron chi connectivity index (χ2n) is 20.3. The van der Waals surface area contributed by atoms with E-state index in [4.69, 9.17) is 4.74 Å². The summed E-state index contributed by atoms with van der Waals surface area (Å²) in [6, 6.07) is -0.633. The zero-order valence-corrected chi connectivity index (χ0v) is 45.3. The number of amides is 1. The highest BCUT2D eigenvalue weighted by Crippen LogP contribution is 2.16. The van der Waals surface area contributed by atoms with Crippen molar-refractivity contribution < 1.29 is 24.5 Å². The number of allylic oxidation sites excluding steroid dienone is 7. The summed E-state index contributed by atoms with van der Waals surface area (Å²) in [5.74, 6) is -0.0791. The first-order valence-corrected chi connectivity index (χ1v) is 29.9. The van der Waals surface area contributed by atoms with Crippen LogP contribution in [0.4, 0.5) is 0 Å². The Bertz CT molecular complexity index is 1150. The number of hydrogen-bond acceptors (Lipinski definition) is 5. The SMILES string of the molecule is CCC/C=C\C/C=C\CCCCCCCC(=O)OCCCCCCCCCCCCCC/C=C\CCCCCCCCCC(=O)NC(CO)C(O)/C=C/CCCCCCCCCCCCCCC. The zero-order chi connectivity index (χ0) is 49.3. The van der Waals surface area contributed by atoms with Crippen LogP contribution in [0.3, 0.4) is 0 Å². The average Bonchev–Trinajstić information content (AvgIpc) is 3.34. The molecule has 0 saturated heterocycles. The Morgan fingerprint density at radius 1 is 0.412 bits per heavy atom. The van der Waals surface area contributed by atoms with Crippen molar-refractivity contribution in [3.63, 3.8) is 0 Å². The van der Waals surface area contributed by atoms with Gasteiger partial charge in [0.2, 0.25) is 5.91 Å². The van der Waals surface area contributed by atoms with E-state index in [9.17, 15) is 19.8 Å². The molecule has 68 heavy (non-hydrogen) atoms. The maximum absolute atomic E-state index is 12.5. The second kappa shape index (κ2) is 57.4. The molecule has 0 aromatic carbocycles. The third kappa shape index (κ3) is 53.2. The van der Waals surface area contributed by atoms with E-state index in [-0.39, 0.29) is 18.5 Å². The van der Waals surface area contributed by atoms with Crippen LogP contribution in [-0.2, 0) is 14.3 Å². The lowest BCUT2D eigenvalue weighted by Crippen LogP contribution is -2.45. The fraction of sp³-hybridized carbons (Fsp3) is 0.839. The van der Waals surface area contributed by atoms with Crippen LogP contribution in [0.1, 0.15) is 309 Å². The van der Waals surface area contributed by atoms with Gasteiger partial charge in [-0.3, -0.25) is 9.59 Å². The van der Waals surface area contributed by atoms with E-state index in [1.54, 1.807) is 6.08 Å². The maximum atomic E-state index is 12.5. The first-order chi connectivity index (χ1) is 33.5. The normalized spacial score (nSPS) is 12.9. The van der Waals surface area contributed by atoms with Crippen LogP contribution < -0.4 is 5.32 Å². The highest BCUT2D eigenvalue weighted by atomic mass is 16.5. The van der Waals surface area contributed by atoms with Crippen molar-refractivity contribution >= 4 is 11.9 Å². The quantitative estimate of drug-likeness (QED) is 0.0321. The van der Waals surface area contributed by atoms with Crippen molar-refractivity contribution in [1.82, 2.24) is 5.32 Å². The van der Waals surface area contributed by atoms with E-state index >= 15 is 0 Å². The number of aliphatic hydroxyl groups excluding tert-OH is 2. The lowest BCUT2D eigenvalue weighted by atomic mass is 10.0. The molecular formula is C62H115NO5. The van der Waals surface area contributed by atoms with Crippen LogP contribution in [0.15, 0.2) is 48.6 Å². The number of unbranched alkanes of at least 4 members (excludes halogenated alkanes) is 38. The van der Waals surface area contributed by atoms with Gasteiger partial charge in [0.05, 0.1) is 25.4 Å². The Balaban J connectivity index is 3.45. The zero-order valence-electron chi connectivity index (χ0n) is 45.3. The predicted octanol–water partition coefficient (Wildman–Crippen LogP) is 18.6. The fourth-order valence-electron chi connectivity index (χ4n) is 8.96. The standard InChI is InChI=1S/C62H115NO5/c1-3-5-7-9-11-13-15-17-27-31-34-38-42-46-50-54-60(65)59(58-64)63-61(66)55-51-47-43-39-35-32-28-25-23-21-19-18-20-22-24-26-29-33-37-41-45-49-53-57-68-62(67)56-52-48-44-40-36-30-16-14-12-10-8-6-4-2/h8,10,14,16,21,23,50,54,59-60,64-65H,3-7,9,11-13,15,17-20,22,24-49,51-53,55-58H2,1-2H3,(H,63,66)/b10-8-,16-14-,23-21-,54-50+. The Labute approximate surface area is 423 Å². The van der Waals surface area contributed by atoms with Crippen LogP contribution in [0.25, 0.3) is 0 Å². The second-order valence-corrected chi connectivity index (χ2v) is 20.3. The summed E-state index contributed by atoms with van der Waals surface area (Å²) in [7, 11) is 0. The molecule has 6 heteroatoms. The Hall–Kier alpha value is -2.18. The number of ether oxygens (including phenoxy) is 1. The van der Waals surface area contributed by atoms with Crippen LogP contribution in [-0.4, -0.2) is 47.4 Å². The van der Waals surface area contributed by atoms with Gasteiger partial charge in [0.15, 0.2) is 0 Å². The number of carbonyl (C=O) groups excluding carboxylic acids is 2. The van der Waals surface area contributed by atoms with E-state index < -0.39 is 12.1 Å². The molecule has 2 atom stereocenters. The van der Waals surface area contributed by atoms with E-state index in [0.29, 0.717) is 19.4 Å². The molecule has 6 nitrogen and oxygen atoms in total.